The Balaban J connectivity index is 2.63. The first-order chi connectivity index (χ1) is 6.77. The largest absolute Gasteiger partial charge is 0.324 e. The first-order valence-corrected chi connectivity index (χ1v) is 5.03. The molecule has 0 radical (unpaired) electrons. The third-order valence-electron chi connectivity index (χ3n) is 2.34. The van der Waals surface area contributed by atoms with Gasteiger partial charge in [0.1, 0.15) is 0 Å². The lowest BCUT2D eigenvalue weighted by Crippen LogP contribution is -2.09. The van der Waals surface area contributed by atoms with Crippen LogP contribution in [0.2, 0.25) is 0 Å². The maximum Gasteiger partial charge on any atom is 0.0991 e. The van der Waals surface area contributed by atoms with Crippen LogP contribution in [-0.4, -0.2) is 0 Å². The molecule has 14 heavy (non-hydrogen) atoms. The van der Waals surface area contributed by atoms with E-state index in [4.69, 9.17) is 11.0 Å². The summed E-state index contributed by atoms with van der Waals surface area (Å²) in [6.45, 7) is 2.16. The Morgan fingerprint density at radius 1 is 1.36 bits per heavy atom. The molecule has 0 aromatic heterocycles. The summed E-state index contributed by atoms with van der Waals surface area (Å²) < 4.78 is 0. The van der Waals surface area contributed by atoms with E-state index < -0.39 is 0 Å². The predicted octanol–water partition coefficient (Wildman–Crippen LogP) is 2.75. The summed E-state index contributed by atoms with van der Waals surface area (Å²) in [4.78, 5) is 0. The van der Waals surface area contributed by atoms with Crippen LogP contribution in [0.25, 0.3) is 0 Å². The van der Waals surface area contributed by atoms with Crippen molar-refractivity contribution in [1.29, 1.82) is 5.26 Å². The lowest BCUT2D eigenvalue weighted by atomic mass is 10.0. The second-order valence-corrected chi connectivity index (χ2v) is 3.48. The normalized spacial score (nSPS) is 12.1. The van der Waals surface area contributed by atoms with Crippen molar-refractivity contribution in [2.75, 3.05) is 0 Å². The average molecular weight is 188 g/mol. The zero-order valence-electron chi connectivity index (χ0n) is 8.53. The summed E-state index contributed by atoms with van der Waals surface area (Å²) in [5.74, 6) is 0. The van der Waals surface area contributed by atoms with Gasteiger partial charge in [-0.3, -0.25) is 0 Å². The number of benzene rings is 1. The maximum absolute atomic E-state index is 8.63. The second-order valence-electron chi connectivity index (χ2n) is 3.48. The maximum atomic E-state index is 8.63. The minimum absolute atomic E-state index is 0.114. The fourth-order valence-corrected chi connectivity index (χ4v) is 1.40. The molecule has 0 heterocycles. The fourth-order valence-electron chi connectivity index (χ4n) is 1.40. The standard InChI is InChI=1S/C12H16N2/c1-2-3-4-12(14)11-7-5-10(9-13)6-8-11/h5-8,12H,2-4,14H2,1H3/t12-/m1/s1. The summed E-state index contributed by atoms with van der Waals surface area (Å²) in [5.41, 5.74) is 7.80. The molecule has 2 nitrogen and oxygen atoms in total. The highest BCUT2D eigenvalue weighted by Gasteiger charge is 2.04. The highest BCUT2D eigenvalue weighted by molar-refractivity contribution is 5.32. The highest BCUT2D eigenvalue weighted by atomic mass is 14.6. The van der Waals surface area contributed by atoms with Crippen molar-refractivity contribution in [2.45, 2.75) is 32.2 Å². The van der Waals surface area contributed by atoms with Crippen LogP contribution in [0.1, 0.15) is 43.4 Å². The average Bonchev–Trinajstić information content (AvgIpc) is 2.26. The Morgan fingerprint density at radius 3 is 2.50 bits per heavy atom. The van der Waals surface area contributed by atoms with Crippen LogP contribution < -0.4 is 5.73 Å². The van der Waals surface area contributed by atoms with E-state index in [0.29, 0.717) is 5.56 Å². The van der Waals surface area contributed by atoms with E-state index in [1.54, 1.807) is 0 Å². The smallest absolute Gasteiger partial charge is 0.0991 e. The van der Waals surface area contributed by atoms with Gasteiger partial charge in [0, 0.05) is 6.04 Å². The Bertz CT molecular complexity index is 308. The van der Waals surface area contributed by atoms with Crippen molar-refractivity contribution in [3.8, 4) is 6.07 Å². The number of unbranched alkanes of at least 4 members (excludes halogenated alkanes) is 1. The number of nitriles is 1. The summed E-state index contributed by atoms with van der Waals surface area (Å²) in [5, 5.41) is 8.63. The van der Waals surface area contributed by atoms with Crippen LogP contribution in [0.4, 0.5) is 0 Å². The van der Waals surface area contributed by atoms with Crippen LogP contribution in [0.5, 0.6) is 0 Å². The van der Waals surface area contributed by atoms with Crippen molar-refractivity contribution in [1.82, 2.24) is 0 Å². The topological polar surface area (TPSA) is 49.8 Å². The first-order valence-electron chi connectivity index (χ1n) is 5.03. The number of hydrogen-bond acceptors (Lipinski definition) is 2. The SMILES string of the molecule is CCCC[C@@H](N)c1ccc(C#N)cc1. The van der Waals surface area contributed by atoms with Gasteiger partial charge in [0.25, 0.3) is 0 Å². The molecule has 2 heteroatoms. The molecular formula is C12H16N2. The van der Waals surface area contributed by atoms with E-state index in [9.17, 15) is 0 Å². The summed E-state index contributed by atoms with van der Waals surface area (Å²) >= 11 is 0. The second kappa shape index (κ2) is 5.41. The molecule has 0 fully saturated rings. The molecule has 1 rings (SSSR count). The molecule has 1 aromatic rings. The van der Waals surface area contributed by atoms with Crippen LogP contribution >= 0.6 is 0 Å². The minimum Gasteiger partial charge on any atom is -0.324 e. The van der Waals surface area contributed by atoms with Crippen molar-refractivity contribution in [2.24, 2.45) is 5.73 Å². The Labute approximate surface area is 85.4 Å². The molecule has 0 aliphatic heterocycles. The van der Waals surface area contributed by atoms with Gasteiger partial charge in [0.15, 0.2) is 0 Å². The fraction of sp³-hybridized carbons (Fsp3) is 0.417. The minimum atomic E-state index is 0.114. The number of nitrogens with zero attached hydrogens (tertiary/aromatic N) is 1. The molecule has 1 atom stereocenters. The molecular weight excluding hydrogens is 172 g/mol. The van der Waals surface area contributed by atoms with Crippen LogP contribution in [0.15, 0.2) is 24.3 Å². The molecule has 0 saturated heterocycles. The summed E-state index contributed by atoms with van der Waals surface area (Å²) in [6, 6.07) is 9.74. The van der Waals surface area contributed by atoms with E-state index in [-0.39, 0.29) is 6.04 Å². The van der Waals surface area contributed by atoms with Crippen LogP contribution in [0, 0.1) is 11.3 Å². The summed E-state index contributed by atoms with van der Waals surface area (Å²) in [6.07, 6.45) is 3.34. The third kappa shape index (κ3) is 2.86. The van der Waals surface area contributed by atoms with Crippen molar-refractivity contribution >= 4 is 0 Å². The third-order valence-corrected chi connectivity index (χ3v) is 2.34. The Morgan fingerprint density at radius 2 is 2.00 bits per heavy atom. The molecule has 0 aliphatic carbocycles. The lowest BCUT2D eigenvalue weighted by Gasteiger charge is -2.10. The van der Waals surface area contributed by atoms with Gasteiger partial charge in [0.05, 0.1) is 11.6 Å². The lowest BCUT2D eigenvalue weighted by molar-refractivity contribution is 0.603. The molecule has 0 unspecified atom stereocenters. The monoisotopic (exact) mass is 188 g/mol. The van der Waals surface area contributed by atoms with Gasteiger partial charge in [0.2, 0.25) is 0 Å². The van der Waals surface area contributed by atoms with E-state index in [0.717, 1.165) is 18.4 Å². The van der Waals surface area contributed by atoms with Gasteiger partial charge in [-0.05, 0) is 24.1 Å². The zero-order valence-corrected chi connectivity index (χ0v) is 8.53. The van der Waals surface area contributed by atoms with E-state index in [1.807, 2.05) is 24.3 Å². The molecule has 2 N–H and O–H groups in total. The van der Waals surface area contributed by atoms with Crippen LogP contribution in [-0.2, 0) is 0 Å². The van der Waals surface area contributed by atoms with Crippen molar-refractivity contribution < 1.29 is 0 Å². The molecule has 0 aliphatic rings. The van der Waals surface area contributed by atoms with Gasteiger partial charge >= 0.3 is 0 Å². The highest BCUT2D eigenvalue weighted by Crippen LogP contribution is 2.16. The Hall–Kier alpha value is -1.33. The van der Waals surface area contributed by atoms with Gasteiger partial charge in [-0.25, -0.2) is 0 Å². The summed E-state index contributed by atoms with van der Waals surface area (Å²) in [7, 11) is 0. The van der Waals surface area contributed by atoms with Crippen LogP contribution in [0.3, 0.4) is 0 Å². The van der Waals surface area contributed by atoms with Crippen molar-refractivity contribution in [3.05, 3.63) is 35.4 Å². The van der Waals surface area contributed by atoms with E-state index >= 15 is 0 Å². The van der Waals surface area contributed by atoms with Gasteiger partial charge in [-0.2, -0.15) is 5.26 Å². The quantitative estimate of drug-likeness (QED) is 0.789. The molecule has 0 amide bonds. The van der Waals surface area contributed by atoms with Gasteiger partial charge < -0.3 is 5.73 Å². The van der Waals surface area contributed by atoms with Gasteiger partial charge in [-0.15, -0.1) is 0 Å². The number of nitrogens with two attached hydrogens (primary N) is 1. The molecule has 0 spiro atoms. The van der Waals surface area contributed by atoms with Gasteiger partial charge in [-0.1, -0.05) is 31.9 Å². The zero-order chi connectivity index (χ0) is 10.4. The number of hydrogen-bond donors (Lipinski definition) is 1. The molecule has 0 bridgehead atoms. The molecule has 0 saturated carbocycles. The van der Waals surface area contributed by atoms with Crippen molar-refractivity contribution in [3.63, 3.8) is 0 Å². The number of rotatable bonds is 4. The van der Waals surface area contributed by atoms with E-state index in [1.165, 1.54) is 6.42 Å². The predicted molar refractivity (Wildman–Crippen MR) is 57.6 cm³/mol. The van der Waals surface area contributed by atoms with E-state index in [2.05, 4.69) is 13.0 Å². The Kier molecular flexibility index (Phi) is 4.15. The molecule has 1 aromatic carbocycles. The first kappa shape index (κ1) is 10.7. The molecule has 74 valence electrons.